The van der Waals surface area contributed by atoms with Crippen molar-refractivity contribution >= 4 is 35.8 Å². The molecule has 0 spiro atoms. The zero-order valence-electron chi connectivity index (χ0n) is 17.1. The second kappa shape index (κ2) is 14.7. The second-order valence-corrected chi connectivity index (χ2v) is 6.22. The van der Waals surface area contributed by atoms with Gasteiger partial charge in [0.15, 0.2) is 5.96 Å². The molecule has 0 unspecified atom stereocenters. The number of halogens is 1. The van der Waals surface area contributed by atoms with Gasteiger partial charge in [0.25, 0.3) is 5.91 Å². The van der Waals surface area contributed by atoms with Gasteiger partial charge < -0.3 is 20.7 Å². The maximum Gasteiger partial charge on any atom is 0.251 e. The van der Waals surface area contributed by atoms with E-state index >= 15 is 0 Å². The van der Waals surface area contributed by atoms with Crippen LogP contribution in [0.3, 0.4) is 0 Å². The summed E-state index contributed by atoms with van der Waals surface area (Å²) in [5.74, 6) is 1.64. The molecule has 0 atom stereocenters. The molecule has 0 bridgehead atoms. The summed E-state index contributed by atoms with van der Waals surface area (Å²) < 4.78 is 5.39. The topological polar surface area (TPSA) is 74.8 Å². The molecular formula is C22H31IN4O2. The maximum absolute atomic E-state index is 12.0. The summed E-state index contributed by atoms with van der Waals surface area (Å²) in [6, 6.07) is 17.3. The third-order valence-corrected chi connectivity index (χ3v) is 4.15. The summed E-state index contributed by atoms with van der Waals surface area (Å²) in [6.07, 6.45) is 1.63. The van der Waals surface area contributed by atoms with Crippen LogP contribution in [0.4, 0.5) is 0 Å². The van der Waals surface area contributed by atoms with E-state index in [1.54, 1.807) is 7.11 Å². The molecule has 0 heterocycles. The highest BCUT2D eigenvalue weighted by molar-refractivity contribution is 14.0. The van der Waals surface area contributed by atoms with Gasteiger partial charge in [-0.2, -0.15) is 0 Å². The van der Waals surface area contributed by atoms with Crippen LogP contribution in [0.1, 0.15) is 29.3 Å². The van der Waals surface area contributed by atoms with Crippen molar-refractivity contribution in [2.24, 2.45) is 4.99 Å². The first kappa shape index (κ1) is 24.7. The van der Waals surface area contributed by atoms with Gasteiger partial charge in [-0.15, -0.1) is 24.0 Å². The number of aliphatic imine (C=N–C) groups is 1. The van der Waals surface area contributed by atoms with E-state index in [0.29, 0.717) is 18.7 Å². The lowest BCUT2D eigenvalue weighted by atomic mass is 10.1. The van der Waals surface area contributed by atoms with Gasteiger partial charge in [0.1, 0.15) is 5.75 Å². The van der Waals surface area contributed by atoms with Crippen LogP contribution in [0.25, 0.3) is 0 Å². The second-order valence-electron chi connectivity index (χ2n) is 6.22. The van der Waals surface area contributed by atoms with E-state index in [1.165, 1.54) is 0 Å². The summed E-state index contributed by atoms with van der Waals surface area (Å²) in [5, 5.41) is 9.50. The number of nitrogens with one attached hydrogen (secondary N) is 3. The molecule has 158 valence electrons. The minimum atomic E-state index is -0.0496. The minimum absolute atomic E-state index is 0. The maximum atomic E-state index is 12.0. The molecule has 0 aliphatic carbocycles. The number of para-hydroxylation sites is 1. The third-order valence-electron chi connectivity index (χ3n) is 4.15. The van der Waals surface area contributed by atoms with Gasteiger partial charge >= 0.3 is 0 Å². The highest BCUT2D eigenvalue weighted by Gasteiger charge is 2.04. The fourth-order valence-corrected chi connectivity index (χ4v) is 2.73. The lowest BCUT2D eigenvalue weighted by Gasteiger charge is -2.13. The molecule has 3 N–H and O–H groups in total. The first-order valence-corrected chi connectivity index (χ1v) is 9.72. The number of carbonyl (C=O) groups excluding carboxylic acids is 1. The molecule has 0 aliphatic rings. The Bertz CT molecular complexity index is 753. The van der Waals surface area contributed by atoms with Crippen LogP contribution in [0.2, 0.25) is 0 Å². The lowest BCUT2D eigenvalue weighted by molar-refractivity contribution is 0.0953. The van der Waals surface area contributed by atoms with Gasteiger partial charge in [0, 0.05) is 31.7 Å². The SMILES string of the molecule is CCNC(=NCCCNC(=O)c1ccccc1)NCCc1ccccc1OC.I. The Morgan fingerprint density at radius 2 is 1.69 bits per heavy atom. The Kier molecular flexibility index (Phi) is 12.5. The van der Waals surface area contributed by atoms with Crippen LogP contribution in [0, 0.1) is 0 Å². The van der Waals surface area contributed by atoms with Crippen molar-refractivity contribution < 1.29 is 9.53 Å². The Morgan fingerprint density at radius 3 is 2.41 bits per heavy atom. The Labute approximate surface area is 190 Å². The first-order chi connectivity index (χ1) is 13.7. The lowest BCUT2D eigenvalue weighted by Crippen LogP contribution is -2.38. The van der Waals surface area contributed by atoms with Crippen LogP contribution >= 0.6 is 24.0 Å². The van der Waals surface area contributed by atoms with Crippen LogP contribution in [-0.2, 0) is 6.42 Å². The van der Waals surface area contributed by atoms with Crippen molar-refractivity contribution in [3.63, 3.8) is 0 Å². The van der Waals surface area contributed by atoms with Crippen molar-refractivity contribution in [3.8, 4) is 5.75 Å². The fraction of sp³-hybridized carbons (Fsp3) is 0.364. The molecule has 0 fully saturated rings. The number of nitrogens with zero attached hydrogens (tertiary/aromatic N) is 1. The molecule has 2 rings (SSSR count). The van der Waals surface area contributed by atoms with E-state index in [9.17, 15) is 4.79 Å². The van der Waals surface area contributed by atoms with Crippen LogP contribution in [-0.4, -0.2) is 45.2 Å². The average molecular weight is 510 g/mol. The van der Waals surface area contributed by atoms with Crippen molar-refractivity contribution in [3.05, 3.63) is 65.7 Å². The first-order valence-electron chi connectivity index (χ1n) is 9.72. The van der Waals surface area contributed by atoms with Crippen molar-refractivity contribution in [1.29, 1.82) is 0 Å². The largest absolute Gasteiger partial charge is 0.496 e. The molecule has 0 aromatic heterocycles. The number of hydrogen-bond acceptors (Lipinski definition) is 3. The zero-order valence-corrected chi connectivity index (χ0v) is 19.4. The quantitative estimate of drug-likeness (QED) is 0.199. The van der Waals surface area contributed by atoms with E-state index in [0.717, 1.165) is 43.2 Å². The van der Waals surface area contributed by atoms with E-state index < -0.39 is 0 Å². The molecular weight excluding hydrogens is 479 g/mol. The number of amides is 1. The average Bonchev–Trinajstić information content (AvgIpc) is 2.74. The summed E-state index contributed by atoms with van der Waals surface area (Å²) in [7, 11) is 1.69. The standard InChI is InChI=1S/C22H30N4O2.HI/c1-3-23-22(26-17-14-18-10-7-8-13-20(18)28-2)25-16-9-15-24-21(27)19-11-5-4-6-12-19;/h4-8,10-13H,3,9,14-17H2,1-2H3,(H,24,27)(H2,23,25,26);1H. The number of hydrogen-bond donors (Lipinski definition) is 3. The summed E-state index contributed by atoms with van der Waals surface area (Å²) in [6.45, 7) is 4.83. The number of guanidine groups is 1. The predicted molar refractivity (Wildman–Crippen MR) is 129 cm³/mol. The summed E-state index contributed by atoms with van der Waals surface area (Å²) in [5.41, 5.74) is 1.84. The number of methoxy groups -OCH3 is 1. The molecule has 0 radical (unpaired) electrons. The van der Waals surface area contributed by atoms with E-state index in [4.69, 9.17) is 4.74 Å². The molecule has 6 nitrogen and oxygen atoms in total. The molecule has 0 aliphatic heterocycles. The Balaban J connectivity index is 0.00000420. The molecule has 2 aromatic rings. The van der Waals surface area contributed by atoms with Crippen molar-refractivity contribution in [1.82, 2.24) is 16.0 Å². The van der Waals surface area contributed by atoms with E-state index in [2.05, 4.69) is 27.0 Å². The van der Waals surface area contributed by atoms with E-state index in [1.807, 2.05) is 55.5 Å². The van der Waals surface area contributed by atoms with Gasteiger partial charge in [0.05, 0.1) is 7.11 Å². The monoisotopic (exact) mass is 510 g/mol. The molecule has 7 heteroatoms. The summed E-state index contributed by atoms with van der Waals surface area (Å²) >= 11 is 0. The fourth-order valence-electron chi connectivity index (χ4n) is 2.73. The van der Waals surface area contributed by atoms with Gasteiger partial charge in [0.2, 0.25) is 0 Å². The Hall–Kier alpha value is -2.29. The van der Waals surface area contributed by atoms with Gasteiger partial charge in [-0.1, -0.05) is 36.4 Å². The highest BCUT2D eigenvalue weighted by Crippen LogP contribution is 2.17. The molecule has 29 heavy (non-hydrogen) atoms. The molecule has 2 aromatic carbocycles. The summed E-state index contributed by atoms with van der Waals surface area (Å²) in [4.78, 5) is 16.6. The van der Waals surface area contributed by atoms with Gasteiger partial charge in [-0.05, 0) is 43.5 Å². The number of ether oxygens (including phenoxy) is 1. The Morgan fingerprint density at radius 1 is 0.966 bits per heavy atom. The number of rotatable bonds is 10. The smallest absolute Gasteiger partial charge is 0.251 e. The molecule has 0 saturated carbocycles. The zero-order chi connectivity index (χ0) is 20.0. The van der Waals surface area contributed by atoms with E-state index in [-0.39, 0.29) is 29.9 Å². The predicted octanol–water partition coefficient (Wildman–Crippen LogP) is 3.23. The van der Waals surface area contributed by atoms with Gasteiger partial charge in [-0.3, -0.25) is 9.79 Å². The minimum Gasteiger partial charge on any atom is -0.496 e. The normalized spacial score (nSPS) is 10.6. The van der Waals surface area contributed by atoms with Crippen LogP contribution in [0.15, 0.2) is 59.6 Å². The number of carbonyl (C=O) groups is 1. The molecule has 0 saturated heterocycles. The number of benzene rings is 2. The highest BCUT2D eigenvalue weighted by atomic mass is 127. The molecule has 1 amide bonds. The van der Waals surface area contributed by atoms with Crippen molar-refractivity contribution in [2.75, 3.05) is 33.3 Å². The van der Waals surface area contributed by atoms with Gasteiger partial charge in [-0.25, -0.2) is 0 Å². The van der Waals surface area contributed by atoms with Crippen LogP contribution < -0.4 is 20.7 Å². The van der Waals surface area contributed by atoms with Crippen molar-refractivity contribution in [2.45, 2.75) is 19.8 Å². The van der Waals surface area contributed by atoms with Crippen LogP contribution in [0.5, 0.6) is 5.75 Å². The third kappa shape index (κ3) is 9.17.